The molecule has 2 aromatic rings. The first-order valence-electron chi connectivity index (χ1n) is 8.68. The van der Waals surface area contributed by atoms with Gasteiger partial charge in [0.25, 0.3) is 0 Å². The van der Waals surface area contributed by atoms with Crippen LogP contribution in [-0.2, 0) is 0 Å². The average Bonchev–Trinajstić information content (AvgIpc) is 2.61. The Morgan fingerprint density at radius 2 is 1.96 bits per heavy atom. The molecule has 6 heteroatoms. The lowest BCUT2D eigenvalue weighted by molar-refractivity contribution is 0.237. The Hall–Kier alpha value is -2.47. The zero-order valence-corrected chi connectivity index (χ0v) is 14.8. The monoisotopic (exact) mass is 342 g/mol. The molecule has 3 N–H and O–H groups in total. The van der Waals surface area contributed by atoms with E-state index in [2.05, 4.69) is 27.5 Å². The third-order valence-electron chi connectivity index (χ3n) is 3.98. The van der Waals surface area contributed by atoms with Gasteiger partial charge < -0.3 is 15.7 Å². The Morgan fingerprint density at radius 1 is 1.20 bits per heavy atom. The highest BCUT2D eigenvalue weighted by atomic mass is 16.3. The third kappa shape index (κ3) is 6.15. The minimum absolute atomic E-state index is 0.149. The summed E-state index contributed by atoms with van der Waals surface area (Å²) in [7, 11) is 0. The van der Waals surface area contributed by atoms with Gasteiger partial charge >= 0.3 is 6.03 Å². The van der Waals surface area contributed by atoms with Gasteiger partial charge in [-0.25, -0.2) is 14.8 Å². The SMILES string of the molecule is CCCC(CCO)CNC(=O)Nc1ccc(-c2nccc(C)n2)cc1. The number of urea groups is 1. The summed E-state index contributed by atoms with van der Waals surface area (Å²) in [6, 6.07) is 9.05. The first kappa shape index (κ1) is 18.9. The van der Waals surface area contributed by atoms with Crippen molar-refractivity contribution in [1.29, 1.82) is 0 Å². The smallest absolute Gasteiger partial charge is 0.319 e. The average molecular weight is 342 g/mol. The summed E-state index contributed by atoms with van der Waals surface area (Å²) in [4.78, 5) is 20.7. The summed E-state index contributed by atoms with van der Waals surface area (Å²) in [5.41, 5.74) is 2.53. The van der Waals surface area contributed by atoms with E-state index in [4.69, 9.17) is 5.11 Å². The van der Waals surface area contributed by atoms with Gasteiger partial charge in [0.2, 0.25) is 0 Å². The molecule has 2 amide bonds. The van der Waals surface area contributed by atoms with Crippen LogP contribution in [0.5, 0.6) is 0 Å². The number of aryl methyl sites for hydroxylation is 1. The number of amides is 2. The van der Waals surface area contributed by atoms with Crippen LogP contribution >= 0.6 is 0 Å². The van der Waals surface area contributed by atoms with Crippen LogP contribution in [0.3, 0.4) is 0 Å². The summed E-state index contributed by atoms with van der Waals surface area (Å²) in [5, 5.41) is 14.7. The van der Waals surface area contributed by atoms with Crippen molar-refractivity contribution in [2.24, 2.45) is 5.92 Å². The van der Waals surface area contributed by atoms with Crippen molar-refractivity contribution in [1.82, 2.24) is 15.3 Å². The summed E-state index contributed by atoms with van der Waals surface area (Å²) in [6.45, 7) is 4.74. The number of nitrogens with zero attached hydrogens (tertiary/aromatic N) is 2. The quantitative estimate of drug-likeness (QED) is 0.686. The second-order valence-corrected chi connectivity index (χ2v) is 6.10. The molecule has 134 valence electrons. The van der Waals surface area contributed by atoms with E-state index in [1.807, 2.05) is 37.3 Å². The Morgan fingerprint density at radius 3 is 2.60 bits per heavy atom. The Labute approximate surface area is 148 Å². The molecule has 1 aromatic carbocycles. The van der Waals surface area contributed by atoms with Crippen molar-refractivity contribution in [3.8, 4) is 11.4 Å². The Bertz CT molecular complexity index is 667. The second kappa shape index (κ2) is 9.74. The first-order chi connectivity index (χ1) is 12.1. The summed E-state index contributed by atoms with van der Waals surface area (Å²) >= 11 is 0. The van der Waals surface area contributed by atoms with E-state index in [9.17, 15) is 4.79 Å². The Kier molecular flexibility index (Phi) is 7.35. The Balaban J connectivity index is 1.89. The van der Waals surface area contributed by atoms with Crippen LogP contribution in [0.15, 0.2) is 36.5 Å². The van der Waals surface area contributed by atoms with E-state index in [1.165, 1.54) is 0 Å². The number of aromatic nitrogens is 2. The molecule has 0 aliphatic carbocycles. The van der Waals surface area contributed by atoms with Crippen molar-refractivity contribution >= 4 is 11.7 Å². The van der Waals surface area contributed by atoms with Crippen LogP contribution in [0.25, 0.3) is 11.4 Å². The van der Waals surface area contributed by atoms with Crippen molar-refractivity contribution in [3.05, 3.63) is 42.2 Å². The predicted molar refractivity (Wildman–Crippen MR) is 99.3 cm³/mol. The highest BCUT2D eigenvalue weighted by Gasteiger charge is 2.09. The third-order valence-corrected chi connectivity index (χ3v) is 3.98. The zero-order chi connectivity index (χ0) is 18.1. The standard InChI is InChI=1S/C19H26N4O2/c1-3-4-15(10-12-24)13-21-19(25)23-17-7-5-16(6-8-17)18-20-11-9-14(2)22-18/h5-9,11,15,24H,3-4,10,12-13H2,1-2H3,(H2,21,23,25). The maximum absolute atomic E-state index is 12.0. The molecule has 0 radical (unpaired) electrons. The maximum Gasteiger partial charge on any atom is 0.319 e. The lowest BCUT2D eigenvalue weighted by Crippen LogP contribution is -2.33. The molecule has 6 nitrogen and oxygen atoms in total. The highest BCUT2D eigenvalue weighted by molar-refractivity contribution is 5.89. The first-order valence-corrected chi connectivity index (χ1v) is 8.68. The van der Waals surface area contributed by atoms with Crippen LogP contribution in [-0.4, -0.2) is 34.3 Å². The zero-order valence-electron chi connectivity index (χ0n) is 14.8. The minimum Gasteiger partial charge on any atom is -0.396 e. The van der Waals surface area contributed by atoms with Crippen LogP contribution in [0.1, 0.15) is 31.9 Å². The van der Waals surface area contributed by atoms with Gasteiger partial charge in [0.15, 0.2) is 5.82 Å². The number of carbonyl (C=O) groups is 1. The molecule has 1 atom stereocenters. The molecule has 1 unspecified atom stereocenters. The van der Waals surface area contributed by atoms with E-state index >= 15 is 0 Å². The van der Waals surface area contributed by atoms with Crippen molar-refractivity contribution in [2.75, 3.05) is 18.5 Å². The van der Waals surface area contributed by atoms with Crippen LogP contribution < -0.4 is 10.6 Å². The van der Waals surface area contributed by atoms with E-state index in [0.29, 0.717) is 30.4 Å². The predicted octanol–water partition coefficient (Wildman–Crippen LogP) is 3.37. The molecule has 0 saturated heterocycles. The molecule has 0 aliphatic rings. The van der Waals surface area contributed by atoms with E-state index in [1.54, 1.807) is 6.20 Å². The number of rotatable bonds is 8. The molecule has 0 spiro atoms. The minimum atomic E-state index is -0.237. The van der Waals surface area contributed by atoms with Gasteiger partial charge in [-0.05, 0) is 56.0 Å². The van der Waals surface area contributed by atoms with Crippen LogP contribution in [0.2, 0.25) is 0 Å². The summed E-state index contributed by atoms with van der Waals surface area (Å²) in [6.07, 6.45) is 4.47. The van der Waals surface area contributed by atoms with Gasteiger partial charge in [0.1, 0.15) is 0 Å². The summed E-state index contributed by atoms with van der Waals surface area (Å²) in [5.74, 6) is 0.976. The molecule has 0 saturated carbocycles. The fourth-order valence-electron chi connectivity index (χ4n) is 2.64. The van der Waals surface area contributed by atoms with E-state index in [0.717, 1.165) is 24.1 Å². The molecule has 2 rings (SSSR count). The molecule has 1 aromatic heterocycles. The number of aliphatic hydroxyl groups excluding tert-OH is 1. The number of carbonyl (C=O) groups excluding carboxylic acids is 1. The van der Waals surface area contributed by atoms with Crippen LogP contribution in [0, 0.1) is 12.8 Å². The van der Waals surface area contributed by atoms with Crippen molar-refractivity contribution in [2.45, 2.75) is 33.1 Å². The largest absolute Gasteiger partial charge is 0.396 e. The number of nitrogens with one attached hydrogen (secondary N) is 2. The second-order valence-electron chi connectivity index (χ2n) is 6.10. The maximum atomic E-state index is 12.0. The lowest BCUT2D eigenvalue weighted by Gasteiger charge is -2.16. The molecular formula is C19H26N4O2. The molecule has 0 bridgehead atoms. The fourth-order valence-corrected chi connectivity index (χ4v) is 2.64. The summed E-state index contributed by atoms with van der Waals surface area (Å²) < 4.78 is 0. The number of hydrogen-bond donors (Lipinski definition) is 3. The fraction of sp³-hybridized carbons (Fsp3) is 0.421. The van der Waals surface area contributed by atoms with Gasteiger partial charge in [0, 0.05) is 36.3 Å². The van der Waals surface area contributed by atoms with Gasteiger partial charge in [0.05, 0.1) is 0 Å². The highest BCUT2D eigenvalue weighted by Crippen LogP contribution is 2.18. The normalized spacial score (nSPS) is 11.8. The lowest BCUT2D eigenvalue weighted by atomic mass is 10.0. The molecule has 0 aliphatic heterocycles. The molecule has 0 fully saturated rings. The topological polar surface area (TPSA) is 87.1 Å². The van der Waals surface area contributed by atoms with Crippen LogP contribution in [0.4, 0.5) is 10.5 Å². The van der Waals surface area contributed by atoms with Crippen molar-refractivity contribution in [3.63, 3.8) is 0 Å². The van der Waals surface area contributed by atoms with Crippen molar-refractivity contribution < 1.29 is 9.90 Å². The number of benzene rings is 1. The van der Waals surface area contributed by atoms with E-state index < -0.39 is 0 Å². The molecular weight excluding hydrogens is 316 g/mol. The molecule has 1 heterocycles. The van der Waals surface area contributed by atoms with Gasteiger partial charge in [-0.2, -0.15) is 0 Å². The molecule has 25 heavy (non-hydrogen) atoms. The number of anilines is 1. The number of aliphatic hydroxyl groups is 1. The number of hydrogen-bond acceptors (Lipinski definition) is 4. The van der Waals surface area contributed by atoms with Gasteiger partial charge in [-0.15, -0.1) is 0 Å². The van der Waals surface area contributed by atoms with Gasteiger partial charge in [-0.3, -0.25) is 0 Å². The van der Waals surface area contributed by atoms with Gasteiger partial charge in [-0.1, -0.05) is 13.3 Å². The van der Waals surface area contributed by atoms with E-state index in [-0.39, 0.29) is 12.6 Å².